The second-order valence-corrected chi connectivity index (χ2v) is 8.91. The summed E-state index contributed by atoms with van der Waals surface area (Å²) in [4.78, 5) is 39.9. The molecule has 4 heterocycles. The number of hydrogen-bond donors (Lipinski definition) is 2. The molecule has 210 valence electrons. The zero-order valence-corrected chi connectivity index (χ0v) is 23.3. The Labute approximate surface area is 227 Å². The third kappa shape index (κ3) is 7.88. The second-order valence-electron chi connectivity index (χ2n) is 8.91. The normalized spacial score (nSPS) is 11.9. The van der Waals surface area contributed by atoms with Crippen LogP contribution in [-0.4, -0.2) is 73.7 Å². The molecule has 4 aromatic rings. The number of aryl methyl sites for hydroxylation is 2. The molecule has 4 aromatic heterocycles. The number of carbonyl (C=O) groups excluding carboxylic acids is 2. The molecule has 4 rings (SSSR count). The first-order valence-electron chi connectivity index (χ1n) is 13.1. The Balaban J connectivity index is 0.000000223. The summed E-state index contributed by atoms with van der Waals surface area (Å²) in [6, 6.07) is 7.25. The van der Waals surface area contributed by atoms with Gasteiger partial charge in [0.25, 0.3) is 0 Å². The fraction of sp³-hybridized carbons (Fsp3) is 0.481. The van der Waals surface area contributed by atoms with Crippen molar-refractivity contribution in [3.05, 3.63) is 47.3 Å². The third-order valence-corrected chi connectivity index (χ3v) is 6.00. The van der Waals surface area contributed by atoms with Crippen LogP contribution in [0.25, 0.3) is 22.3 Å². The van der Waals surface area contributed by atoms with Gasteiger partial charge in [-0.2, -0.15) is 0 Å². The van der Waals surface area contributed by atoms with E-state index in [1.807, 2.05) is 56.5 Å². The van der Waals surface area contributed by atoms with Gasteiger partial charge in [-0.3, -0.25) is 14.9 Å². The Bertz CT molecular complexity index is 1400. The lowest BCUT2D eigenvalue weighted by Gasteiger charge is -2.12. The molecule has 0 aliphatic rings. The summed E-state index contributed by atoms with van der Waals surface area (Å²) in [5.74, 6) is 0.838. The van der Waals surface area contributed by atoms with Crippen molar-refractivity contribution in [3.8, 4) is 0 Å². The molecule has 0 unspecified atom stereocenters. The van der Waals surface area contributed by atoms with Crippen LogP contribution in [0.5, 0.6) is 0 Å². The summed E-state index contributed by atoms with van der Waals surface area (Å²) < 4.78 is 14.6. The molecular formula is C27H38N8O4. The molecule has 39 heavy (non-hydrogen) atoms. The number of pyridine rings is 2. The molecule has 1 amide bonds. The van der Waals surface area contributed by atoms with E-state index < -0.39 is 6.04 Å². The highest BCUT2D eigenvalue weighted by molar-refractivity contribution is 5.80. The van der Waals surface area contributed by atoms with E-state index in [1.165, 1.54) is 0 Å². The Kier molecular flexibility index (Phi) is 11.0. The predicted molar refractivity (Wildman–Crippen MR) is 148 cm³/mol. The third-order valence-electron chi connectivity index (χ3n) is 6.00. The molecule has 0 aliphatic carbocycles. The first-order chi connectivity index (χ1) is 18.8. The fourth-order valence-corrected chi connectivity index (χ4v) is 3.88. The molecule has 0 saturated heterocycles. The number of fused-ring (bicyclic) bond motifs is 2. The summed E-state index contributed by atoms with van der Waals surface area (Å²) in [5.41, 5.74) is 10.3. The van der Waals surface area contributed by atoms with E-state index in [1.54, 1.807) is 11.5 Å². The lowest BCUT2D eigenvalue weighted by atomic mass is 10.3. The molecule has 1 atom stereocenters. The average Bonchev–Trinajstić information content (AvgIpc) is 3.44. The van der Waals surface area contributed by atoms with Crippen LogP contribution in [0.1, 0.15) is 48.6 Å². The Morgan fingerprint density at radius 2 is 1.46 bits per heavy atom. The van der Waals surface area contributed by atoms with Crippen molar-refractivity contribution in [1.82, 2.24) is 34.4 Å². The van der Waals surface area contributed by atoms with Crippen molar-refractivity contribution >= 4 is 34.5 Å². The lowest BCUT2D eigenvalue weighted by Crippen LogP contribution is -2.38. The molecule has 0 bridgehead atoms. The van der Waals surface area contributed by atoms with Gasteiger partial charge in [-0.25, -0.2) is 19.9 Å². The minimum Gasteiger partial charge on any atom is -0.380 e. The van der Waals surface area contributed by atoms with Crippen molar-refractivity contribution < 1.29 is 19.1 Å². The molecular weight excluding hydrogens is 500 g/mol. The van der Waals surface area contributed by atoms with Crippen LogP contribution in [0.15, 0.2) is 24.3 Å². The highest BCUT2D eigenvalue weighted by Crippen LogP contribution is 2.16. The van der Waals surface area contributed by atoms with E-state index in [2.05, 4.69) is 25.3 Å². The Morgan fingerprint density at radius 3 is 2.00 bits per heavy atom. The average molecular weight is 539 g/mol. The number of aromatic nitrogens is 6. The molecule has 0 fully saturated rings. The van der Waals surface area contributed by atoms with Gasteiger partial charge in [0, 0.05) is 37.7 Å². The van der Waals surface area contributed by atoms with Crippen molar-refractivity contribution in [3.63, 3.8) is 0 Å². The van der Waals surface area contributed by atoms with Crippen LogP contribution in [-0.2, 0) is 33.9 Å². The van der Waals surface area contributed by atoms with Gasteiger partial charge in [-0.05, 0) is 58.9 Å². The van der Waals surface area contributed by atoms with Gasteiger partial charge in [-0.1, -0.05) is 0 Å². The highest BCUT2D eigenvalue weighted by atomic mass is 16.5. The van der Waals surface area contributed by atoms with Crippen LogP contribution in [0.2, 0.25) is 0 Å². The van der Waals surface area contributed by atoms with Crippen molar-refractivity contribution in [2.75, 3.05) is 26.4 Å². The smallest absolute Gasteiger partial charge is 0.234 e. The second kappa shape index (κ2) is 14.4. The van der Waals surface area contributed by atoms with Gasteiger partial charge in [0.15, 0.2) is 23.4 Å². The maximum absolute atomic E-state index is 11.1. The molecule has 0 radical (unpaired) electrons. The topological polar surface area (TPSA) is 152 Å². The maximum atomic E-state index is 11.1. The van der Waals surface area contributed by atoms with E-state index in [4.69, 9.17) is 15.2 Å². The van der Waals surface area contributed by atoms with Crippen LogP contribution in [0.3, 0.4) is 0 Å². The van der Waals surface area contributed by atoms with Crippen LogP contribution < -0.4 is 11.1 Å². The fourth-order valence-electron chi connectivity index (χ4n) is 3.88. The number of carbonyl (C=O) groups is 2. The van der Waals surface area contributed by atoms with Crippen LogP contribution >= 0.6 is 0 Å². The molecule has 0 aliphatic heterocycles. The summed E-state index contributed by atoms with van der Waals surface area (Å²) >= 11 is 0. The zero-order valence-electron chi connectivity index (χ0n) is 23.3. The molecule has 12 nitrogen and oxygen atoms in total. The number of nitrogens with one attached hydrogen (secondary N) is 1. The van der Waals surface area contributed by atoms with E-state index >= 15 is 0 Å². The van der Waals surface area contributed by atoms with E-state index in [0.29, 0.717) is 51.9 Å². The number of imidazole rings is 2. The Hall–Kier alpha value is -3.74. The quantitative estimate of drug-likeness (QED) is 0.193. The van der Waals surface area contributed by atoms with Crippen LogP contribution in [0.4, 0.5) is 0 Å². The molecule has 0 saturated carbocycles. The first-order valence-corrected chi connectivity index (χ1v) is 13.1. The SMILES string of the molecule is CCOCCn1c(C=O)nc2ccc(C)nc21.CCOCCn1c(CN[C@@H](C)C(N)=O)nc2ccc(C)nc21. The number of aldehydes is 1. The van der Waals surface area contributed by atoms with Crippen molar-refractivity contribution in [1.29, 1.82) is 0 Å². The van der Waals surface area contributed by atoms with Gasteiger partial charge < -0.3 is 24.3 Å². The number of rotatable bonds is 13. The molecule has 0 spiro atoms. The number of nitrogens with zero attached hydrogens (tertiary/aromatic N) is 6. The van der Waals surface area contributed by atoms with Gasteiger partial charge in [0.2, 0.25) is 5.91 Å². The van der Waals surface area contributed by atoms with Gasteiger partial charge >= 0.3 is 0 Å². The largest absolute Gasteiger partial charge is 0.380 e. The predicted octanol–water partition coefficient (Wildman–Crippen LogP) is 2.33. The summed E-state index contributed by atoms with van der Waals surface area (Å²) in [6.45, 7) is 13.7. The summed E-state index contributed by atoms with van der Waals surface area (Å²) in [5, 5.41) is 3.08. The van der Waals surface area contributed by atoms with E-state index in [-0.39, 0.29) is 5.91 Å². The number of nitrogens with two attached hydrogens (primary N) is 1. The van der Waals surface area contributed by atoms with Crippen molar-refractivity contribution in [2.24, 2.45) is 5.73 Å². The number of ether oxygens (including phenoxy) is 2. The van der Waals surface area contributed by atoms with Gasteiger partial charge in [0.1, 0.15) is 16.9 Å². The number of amides is 1. The highest BCUT2D eigenvalue weighted by Gasteiger charge is 2.15. The molecule has 0 aromatic carbocycles. The summed E-state index contributed by atoms with van der Waals surface area (Å²) in [7, 11) is 0. The lowest BCUT2D eigenvalue weighted by molar-refractivity contribution is -0.119. The zero-order chi connectivity index (χ0) is 28.4. The first kappa shape index (κ1) is 29.8. The minimum atomic E-state index is -0.408. The van der Waals surface area contributed by atoms with Gasteiger partial charge in [0.05, 0.1) is 25.8 Å². The molecule has 3 N–H and O–H groups in total. The van der Waals surface area contributed by atoms with Crippen molar-refractivity contribution in [2.45, 2.75) is 60.3 Å². The summed E-state index contributed by atoms with van der Waals surface area (Å²) in [6.07, 6.45) is 0.753. The Morgan fingerprint density at radius 1 is 0.923 bits per heavy atom. The standard InChI is InChI=1S/C15H23N5O2.C12H15N3O2/c1-4-22-8-7-20-13(9-17-11(3)14(16)21)19-12-6-5-10(2)18-15(12)20;1-3-17-7-6-15-11(8-16)14-10-5-4-9(2)13-12(10)15/h5-6,11,17H,4,7-9H2,1-3H3,(H2,16,21);4-5,8H,3,6-7H2,1-2H3/t11-;/m0./s1. The minimum absolute atomic E-state index is 0.383. The number of hydrogen-bond acceptors (Lipinski definition) is 9. The number of primary amides is 1. The van der Waals surface area contributed by atoms with E-state index in [0.717, 1.165) is 45.8 Å². The molecule has 12 heteroatoms. The maximum Gasteiger partial charge on any atom is 0.234 e. The van der Waals surface area contributed by atoms with Crippen LogP contribution in [0, 0.1) is 13.8 Å². The van der Waals surface area contributed by atoms with Gasteiger partial charge in [-0.15, -0.1) is 0 Å². The van der Waals surface area contributed by atoms with E-state index in [9.17, 15) is 9.59 Å². The monoisotopic (exact) mass is 538 g/mol.